The summed E-state index contributed by atoms with van der Waals surface area (Å²) in [4.78, 5) is 5.74. The number of hydrazine groups is 2. The Hall–Kier alpha value is -2.38. The number of hydrogen-bond acceptors (Lipinski definition) is 7. The van der Waals surface area contributed by atoms with Crippen molar-refractivity contribution in [3.63, 3.8) is 0 Å². The van der Waals surface area contributed by atoms with Crippen molar-refractivity contribution >= 4 is 29.0 Å². The highest BCUT2D eigenvalue weighted by atomic mass is 32.2. The van der Waals surface area contributed by atoms with Crippen LogP contribution in [0.25, 0.3) is 5.70 Å². The second-order valence-corrected chi connectivity index (χ2v) is 6.86. The van der Waals surface area contributed by atoms with E-state index in [1.165, 1.54) is 4.90 Å². The third-order valence-electron chi connectivity index (χ3n) is 3.94. The molecule has 1 unspecified atom stereocenters. The predicted octanol–water partition coefficient (Wildman–Crippen LogP) is 2.87. The van der Waals surface area contributed by atoms with E-state index in [4.69, 9.17) is 0 Å². The van der Waals surface area contributed by atoms with Gasteiger partial charge in [0.05, 0.1) is 5.70 Å². The summed E-state index contributed by atoms with van der Waals surface area (Å²) in [6.07, 6.45) is 5.81. The zero-order chi connectivity index (χ0) is 17.5. The Morgan fingerprint density at radius 3 is 2.52 bits per heavy atom. The van der Waals surface area contributed by atoms with Gasteiger partial charge in [-0.25, -0.2) is 4.98 Å². The molecular formula is C18H24N6S. The number of thioether (sulfide) groups is 1. The molecule has 0 aliphatic carbocycles. The first kappa shape index (κ1) is 17.4. The molecule has 1 aromatic carbocycles. The maximum Gasteiger partial charge on any atom is 0.125 e. The summed E-state index contributed by atoms with van der Waals surface area (Å²) in [5.41, 5.74) is 11.9. The lowest BCUT2D eigenvalue weighted by molar-refractivity contribution is 0.620. The predicted molar refractivity (Wildman–Crippen MR) is 106 cm³/mol. The molecule has 1 atom stereocenters. The molecule has 1 aromatic heterocycles. The number of aromatic nitrogens is 1. The van der Waals surface area contributed by atoms with Crippen molar-refractivity contribution < 1.29 is 0 Å². The maximum absolute atomic E-state index is 4.46. The number of rotatable bonds is 8. The third kappa shape index (κ3) is 5.04. The molecule has 7 heteroatoms. The molecule has 3 rings (SSSR count). The summed E-state index contributed by atoms with van der Waals surface area (Å²) in [5, 5.41) is 6.87. The van der Waals surface area contributed by atoms with Crippen LogP contribution in [0.5, 0.6) is 0 Å². The average Bonchev–Trinajstić information content (AvgIpc) is 3.20. The van der Waals surface area contributed by atoms with Gasteiger partial charge in [0.1, 0.15) is 5.82 Å². The van der Waals surface area contributed by atoms with E-state index in [0.29, 0.717) is 5.92 Å². The van der Waals surface area contributed by atoms with Gasteiger partial charge in [0.15, 0.2) is 0 Å². The van der Waals surface area contributed by atoms with Gasteiger partial charge in [0.2, 0.25) is 0 Å². The second-order valence-electron chi connectivity index (χ2n) is 5.98. The standard InChI is InChI=1S/C18H24N6S/c1-13(9-19-15-4-6-16(25-2)7-5-15)10-20-18-8-3-14(11-21-18)17-12-22-24-23-17/h3-8,11-13,19,22-24H,9-10H2,1-2H3,(H,20,21). The van der Waals surface area contributed by atoms with E-state index in [1.54, 1.807) is 11.8 Å². The van der Waals surface area contributed by atoms with E-state index in [9.17, 15) is 0 Å². The first-order valence-corrected chi connectivity index (χ1v) is 9.52. The maximum atomic E-state index is 4.46. The Balaban J connectivity index is 1.42. The van der Waals surface area contributed by atoms with Crippen LogP contribution >= 0.6 is 11.8 Å². The first-order valence-electron chi connectivity index (χ1n) is 8.29. The van der Waals surface area contributed by atoms with Crippen LogP contribution in [0, 0.1) is 5.92 Å². The fraction of sp³-hybridized carbons (Fsp3) is 0.278. The van der Waals surface area contributed by atoms with Crippen molar-refractivity contribution in [2.45, 2.75) is 11.8 Å². The highest BCUT2D eigenvalue weighted by molar-refractivity contribution is 7.98. The second kappa shape index (κ2) is 8.64. The molecule has 2 aromatic rings. The van der Waals surface area contributed by atoms with Crippen LogP contribution in [-0.2, 0) is 0 Å². The smallest absolute Gasteiger partial charge is 0.125 e. The normalized spacial score (nSPS) is 14.2. The van der Waals surface area contributed by atoms with Gasteiger partial charge in [-0.2, -0.15) is 5.53 Å². The van der Waals surface area contributed by atoms with E-state index in [2.05, 4.69) is 69.4 Å². The molecule has 132 valence electrons. The Bertz CT molecular complexity index is 699. The molecule has 2 heterocycles. The third-order valence-corrected chi connectivity index (χ3v) is 4.68. The minimum Gasteiger partial charge on any atom is -0.385 e. The van der Waals surface area contributed by atoms with Gasteiger partial charge in [-0.05, 0) is 48.6 Å². The fourth-order valence-corrected chi connectivity index (χ4v) is 2.82. The largest absolute Gasteiger partial charge is 0.385 e. The van der Waals surface area contributed by atoms with Crippen molar-refractivity contribution in [1.82, 2.24) is 21.4 Å². The van der Waals surface area contributed by atoms with Crippen LogP contribution in [-0.4, -0.2) is 24.3 Å². The molecule has 0 radical (unpaired) electrons. The van der Waals surface area contributed by atoms with Gasteiger partial charge in [-0.3, -0.25) is 0 Å². The van der Waals surface area contributed by atoms with Gasteiger partial charge < -0.3 is 21.5 Å². The van der Waals surface area contributed by atoms with Crippen LogP contribution in [0.15, 0.2) is 53.7 Å². The lowest BCUT2D eigenvalue weighted by Gasteiger charge is -2.15. The molecule has 0 fully saturated rings. The van der Waals surface area contributed by atoms with Gasteiger partial charge >= 0.3 is 0 Å². The van der Waals surface area contributed by atoms with Crippen LogP contribution in [0.3, 0.4) is 0 Å². The fourth-order valence-electron chi connectivity index (χ4n) is 2.41. The summed E-state index contributed by atoms with van der Waals surface area (Å²) in [6.45, 7) is 4.00. The van der Waals surface area contributed by atoms with Crippen LogP contribution in [0.4, 0.5) is 11.5 Å². The molecule has 1 aliphatic heterocycles. The Morgan fingerprint density at radius 2 is 1.88 bits per heavy atom. The van der Waals surface area contributed by atoms with Gasteiger partial charge in [0, 0.05) is 41.6 Å². The monoisotopic (exact) mass is 356 g/mol. The lowest BCUT2D eigenvalue weighted by atomic mass is 10.1. The Labute approximate surface area is 152 Å². The van der Waals surface area contributed by atoms with E-state index in [1.807, 2.05) is 24.5 Å². The van der Waals surface area contributed by atoms with Crippen molar-refractivity contribution in [3.05, 3.63) is 54.4 Å². The van der Waals surface area contributed by atoms with Crippen LogP contribution in [0.1, 0.15) is 12.5 Å². The average molecular weight is 356 g/mol. The molecule has 5 N–H and O–H groups in total. The van der Waals surface area contributed by atoms with Crippen LogP contribution < -0.4 is 27.0 Å². The minimum atomic E-state index is 0.481. The molecule has 0 saturated carbocycles. The number of anilines is 2. The number of nitrogens with one attached hydrogen (secondary N) is 5. The molecule has 1 aliphatic rings. The molecule has 0 saturated heterocycles. The van der Waals surface area contributed by atoms with Crippen LogP contribution in [0.2, 0.25) is 0 Å². The Kier molecular flexibility index (Phi) is 6.03. The summed E-state index contributed by atoms with van der Waals surface area (Å²) in [6, 6.07) is 12.6. The number of benzene rings is 1. The highest BCUT2D eigenvalue weighted by Crippen LogP contribution is 2.18. The summed E-state index contributed by atoms with van der Waals surface area (Å²) in [7, 11) is 0. The van der Waals surface area contributed by atoms with E-state index < -0.39 is 0 Å². The SMILES string of the molecule is CSc1ccc(NCC(C)CNc2ccc(C3=CNNN3)cn2)cc1. The van der Waals surface area contributed by atoms with E-state index >= 15 is 0 Å². The molecule has 6 nitrogen and oxygen atoms in total. The van der Waals surface area contributed by atoms with Crippen molar-refractivity contribution in [2.24, 2.45) is 5.92 Å². The summed E-state index contributed by atoms with van der Waals surface area (Å²) >= 11 is 1.76. The molecule has 0 bridgehead atoms. The molecular weight excluding hydrogens is 332 g/mol. The van der Waals surface area contributed by atoms with Crippen molar-refractivity contribution in [3.8, 4) is 0 Å². The number of nitrogens with zero attached hydrogens (tertiary/aromatic N) is 1. The van der Waals surface area contributed by atoms with Crippen molar-refractivity contribution in [2.75, 3.05) is 30.0 Å². The summed E-state index contributed by atoms with van der Waals surface area (Å²) in [5.74, 6) is 1.37. The van der Waals surface area contributed by atoms with Gasteiger partial charge in [-0.1, -0.05) is 6.92 Å². The summed E-state index contributed by atoms with van der Waals surface area (Å²) < 4.78 is 0. The molecule has 25 heavy (non-hydrogen) atoms. The quantitative estimate of drug-likeness (QED) is 0.466. The van der Waals surface area contributed by atoms with E-state index in [0.717, 1.165) is 35.9 Å². The Morgan fingerprint density at radius 1 is 1.08 bits per heavy atom. The first-order chi connectivity index (χ1) is 12.2. The number of hydrogen-bond donors (Lipinski definition) is 5. The highest BCUT2D eigenvalue weighted by Gasteiger charge is 2.07. The molecule has 0 amide bonds. The minimum absolute atomic E-state index is 0.481. The lowest BCUT2D eigenvalue weighted by Crippen LogP contribution is -2.31. The van der Waals surface area contributed by atoms with E-state index in [-0.39, 0.29) is 0 Å². The number of pyridine rings is 1. The van der Waals surface area contributed by atoms with Gasteiger partial charge in [0.25, 0.3) is 0 Å². The zero-order valence-electron chi connectivity index (χ0n) is 14.5. The van der Waals surface area contributed by atoms with Gasteiger partial charge in [-0.15, -0.1) is 11.8 Å². The zero-order valence-corrected chi connectivity index (χ0v) is 15.3. The van der Waals surface area contributed by atoms with Crippen molar-refractivity contribution in [1.29, 1.82) is 0 Å². The molecule has 0 spiro atoms. The topological polar surface area (TPSA) is 73.0 Å².